The lowest BCUT2D eigenvalue weighted by Crippen LogP contribution is -2.36. The van der Waals surface area contributed by atoms with Crippen molar-refractivity contribution in [2.24, 2.45) is 23.7 Å². The summed E-state index contributed by atoms with van der Waals surface area (Å²) in [6.45, 7) is 0.407. The zero-order valence-electron chi connectivity index (χ0n) is 14.2. The van der Waals surface area contributed by atoms with Crippen molar-refractivity contribution in [2.75, 3.05) is 5.32 Å². The van der Waals surface area contributed by atoms with E-state index in [0.29, 0.717) is 23.0 Å². The minimum Gasteiger partial charge on any atom is -0.481 e. The quantitative estimate of drug-likeness (QED) is 0.742. The standard InChI is InChI=1S/C19H17Cl2N3O3/c20-13-4-2-1-3-12(13)8-24-9-14(21)17(23-24)22-18(25)15-10-5-6-11(7-10)16(15)19(26)27/h1-6,9-11,15-16H,7-8H2,(H,26,27)(H,22,23,25). The van der Waals surface area contributed by atoms with Gasteiger partial charge in [-0.3, -0.25) is 14.3 Å². The van der Waals surface area contributed by atoms with E-state index in [2.05, 4.69) is 10.4 Å². The summed E-state index contributed by atoms with van der Waals surface area (Å²) >= 11 is 12.4. The van der Waals surface area contributed by atoms with E-state index in [4.69, 9.17) is 23.2 Å². The first-order chi connectivity index (χ1) is 12.9. The van der Waals surface area contributed by atoms with E-state index in [9.17, 15) is 14.7 Å². The minimum absolute atomic E-state index is 0.0555. The molecule has 140 valence electrons. The van der Waals surface area contributed by atoms with Crippen molar-refractivity contribution in [2.45, 2.75) is 13.0 Å². The van der Waals surface area contributed by atoms with Gasteiger partial charge in [0.1, 0.15) is 5.02 Å². The number of nitrogens with zero attached hydrogens (tertiary/aromatic N) is 2. The molecule has 2 bridgehead atoms. The number of carboxylic acid groups (broad SMARTS) is 1. The molecule has 2 aliphatic rings. The SMILES string of the molecule is O=C(O)C1C2C=CC(C2)C1C(=O)Nc1nn(Cc2ccccc2Cl)cc1Cl. The van der Waals surface area contributed by atoms with Gasteiger partial charge in [0.15, 0.2) is 5.82 Å². The van der Waals surface area contributed by atoms with Crippen LogP contribution < -0.4 is 5.32 Å². The summed E-state index contributed by atoms with van der Waals surface area (Å²) < 4.78 is 1.59. The summed E-state index contributed by atoms with van der Waals surface area (Å²) in [6.07, 6.45) is 6.14. The van der Waals surface area contributed by atoms with Crippen molar-refractivity contribution < 1.29 is 14.7 Å². The number of hydrogen-bond donors (Lipinski definition) is 2. The largest absolute Gasteiger partial charge is 0.481 e. The minimum atomic E-state index is -0.942. The molecule has 1 aromatic heterocycles. The highest BCUT2D eigenvalue weighted by Gasteiger charge is 2.51. The highest BCUT2D eigenvalue weighted by Crippen LogP contribution is 2.48. The molecule has 1 amide bonds. The van der Waals surface area contributed by atoms with Crippen molar-refractivity contribution in [3.63, 3.8) is 0 Å². The Morgan fingerprint density at radius 2 is 1.85 bits per heavy atom. The fourth-order valence-electron chi connectivity index (χ4n) is 4.08. The first-order valence-electron chi connectivity index (χ1n) is 8.62. The van der Waals surface area contributed by atoms with E-state index < -0.39 is 17.8 Å². The van der Waals surface area contributed by atoms with Gasteiger partial charge in [-0.15, -0.1) is 0 Å². The second-order valence-electron chi connectivity index (χ2n) is 6.94. The Labute approximate surface area is 165 Å². The summed E-state index contributed by atoms with van der Waals surface area (Å²) in [5.41, 5.74) is 0.875. The molecule has 0 spiro atoms. The Bertz CT molecular complexity index is 940. The second-order valence-corrected chi connectivity index (χ2v) is 7.76. The van der Waals surface area contributed by atoms with Gasteiger partial charge < -0.3 is 10.4 Å². The van der Waals surface area contributed by atoms with Gasteiger partial charge in [-0.1, -0.05) is 53.6 Å². The molecule has 2 N–H and O–H groups in total. The normalized spacial score (nSPS) is 25.7. The number of nitrogens with one attached hydrogen (secondary N) is 1. The molecular weight excluding hydrogens is 389 g/mol. The lowest BCUT2D eigenvalue weighted by Gasteiger charge is -2.23. The van der Waals surface area contributed by atoms with E-state index in [-0.39, 0.29) is 23.6 Å². The average molecular weight is 406 g/mol. The predicted molar refractivity (Wildman–Crippen MR) is 102 cm³/mol. The summed E-state index contributed by atoms with van der Waals surface area (Å²) in [7, 11) is 0. The third kappa shape index (κ3) is 3.35. The van der Waals surface area contributed by atoms with E-state index in [1.165, 1.54) is 0 Å². The number of hydrogen-bond acceptors (Lipinski definition) is 3. The van der Waals surface area contributed by atoms with E-state index >= 15 is 0 Å². The summed E-state index contributed by atoms with van der Waals surface area (Å²) in [5, 5.41) is 17.4. The van der Waals surface area contributed by atoms with Gasteiger partial charge in [-0.25, -0.2) is 0 Å². The predicted octanol–water partition coefficient (Wildman–Crippen LogP) is 3.70. The number of amides is 1. The number of halogens is 2. The van der Waals surface area contributed by atoms with Gasteiger partial charge in [-0.2, -0.15) is 5.10 Å². The van der Waals surface area contributed by atoms with Crippen LogP contribution in [-0.4, -0.2) is 26.8 Å². The molecule has 27 heavy (non-hydrogen) atoms. The molecule has 1 heterocycles. The first kappa shape index (κ1) is 18.1. The average Bonchev–Trinajstić information content (AvgIpc) is 3.32. The Balaban J connectivity index is 1.51. The second kappa shape index (κ2) is 7.02. The molecule has 0 radical (unpaired) electrons. The lowest BCUT2D eigenvalue weighted by atomic mass is 9.82. The molecular formula is C19H17Cl2N3O3. The van der Waals surface area contributed by atoms with Crippen LogP contribution in [0.5, 0.6) is 0 Å². The number of aromatic nitrogens is 2. The fraction of sp³-hybridized carbons (Fsp3) is 0.316. The number of carbonyl (C=O) groups excluding carboxylic acids is 1. The third-order valence-electron chi connectivity index (χ3n) is 5.30. The molecule has 4 unspecified atom stereocenters. The highest BCUT2D eigenvalue weighted by molar-refractivity contribution is 6.33. The first-order valence-corrected chi connectivity index (χ1v) is 9.38. The zero-order valence-corrected chi connectivity index (χ0v) is 15.7. The van der Waals surface area contributed by atoms with Crippen LogP contribution in [-0.2, 0) is 16.1 Å². The van der Waals surface area contributed by atoms with E-state index in [1.807, 2.05) is 30.4 Å². The molecule has 8 heteroatoms. The third-order valence-corrected chi connectivity index (χ3v) is 5.94. The summed E-state index contributed by atoms with van der Waals surface area (Å²) in [5.74, 6) is -2.53. The zero-order chi connectivity index (χ0) is 19.1. The van der Waals surface area contributed by atoms with E-state index in [0.717, 1.165) is 5.56 Å². The fourth-order valence-corrected chi connectivity index (χ4v) is 4.47. The van der Waals surface area contributed by atoms with Crippen molar-refractivity contribution in [1.82, 2.24) is 9.78 Å². The molecule has 0 aliphatic heterocycles. The number of allylic oxidation sites excluding steroid dienone is 2. The Morgan fingerprint density at radius 3 is 2.56 bits per heavy atom. The smallest absolute Gasteiger partial charge is 0.307 e. The molecule has 0 saturated heterocycles. The number of carboxylic acids is 1. The molecule has 2 aromatic rings. The van der Waals surface area contributed by atoms with Crippen LogP contribution in [0, 0.1) is 23.7 Å². The number of carbonyl (C=O) groups is 2. The molecule has 6 nitrogen and oxygen atoms in total. The van der Waals surface area contributed by atoms with Crippen LogP contribution in [0.3, 0.4) is 0 Å². The van der Waals surface area contributed by atoms with Crippen LogP contribution in [0.25, 0.3) is 0 Å². The molecule has 4 atom stereocenters. The van der Waals surface area contributed by atoms with E-state index in [1.54, 1.807) is 16.9 Å². The number of fused-ring (bicyclic) bond motifs is 2. The molecule has 4 rings (SSSR count). The van der Waals surface area contributed by atoms with Gasteiger partial charge in [0.05, 0.1) is 18.4 Å². The maximum atomic E-state index is 12.8. The monoisotopic (exact) mass is 405 g/mol. The topological polar surface area (TPSA) is 84.2 Å². The van der Waals surface area contributed by atoms with Crippen molar-refractivity contribution in [3.8, 4) is 0 Å². The van der Waals surface area contributed by atoms with Gasteiger partial charge in [0, 0.05) is 11.2 Å². The van der Waals surface area contributed by atoms with Gasteiger partial charge in [0.25, 0.3) is 0 Å². The van der Waals surface area contributed by atoms with Crippen molar-refractivity contribution >= 4 is 40.9 Å². The summed E-state index contributed by atoms with van der Waals surface area (Å²) in [4.78, 5) is 24.3. The lowest BCUT2D eigenvalue weighted by molar-refractivity contribution is -0.146. The maximum absolute atomic E-state index is 12.8. The number of aliphatic carboxylic acids is 1. The van der Waals surface area contributed by atoms with Crippen LogP contribution in [0.2, 0.25) is 10.0 Å². The molecule has 1 aromatic carbocycles. The Morgan fingerprint density at radius 1 is 1.15 bits per heavy atom. The van der Waals surface area contributed by atoms with Crippen molar-refractivity contribution in [1.29, 1.82) is 0 Å². The van der Waals surface area contributed by atoms with Crippen LogP contribution in [0.15, 0.2) is 42.6 Å². The molecule has 1 fully saturated rings. The Kier molecular flexibility index (Phi) is 4.70. The molecule has 1 saturated carbocycles. The Hall–Kier alpha value is -2.31. The van der Waals surface area contributed by atoms with Gasteiger partial charge in [0.2, 0.25) is 5.91 Å². The molecule has 2 aliphatic carbocycles. The maximum Gasteiger partial charge on any atom is 0.307 e. The number of benzene rings is 1. The number of anilines is 1. The van der Waals surface area contributed by atoms with Gasteiger partial charge in [-0.05, 0) is 29.9 Å². The number of rotatable bonds is 5. The van der Waals surface area contributed by atoms with Crippen molar-refractivity contribution in [3.05, 3.63) is 58.2 Å². The highest BCUT2D eigenvalue weighted by atomic mass is 35.5. The van der Waals surface area contributed by atoms with Crippen LogP contribution in [0.4, 0.5) is 5.82 Å². The summed E-state index contributed by atoms with van der Waals surface area (Å²) in [6, 6.07) is 7.40. The van der Waals surface area contributed by atoms with Gasteiger partial charge >= 0.3 is 5.97 Å². The van der Waals surface area contributed by atoms with Crippen LogP contribution in [0.1, 0.15) is 12.0 Å². The van der Waals surface area contributed by atoms with Crippen LogP contribution >= 0.6 is 23.2 Å².